The molecule has 0 saturated heterocycles. The van der Waals surface area contributed by atoms with Crippen LogP contribution in [0.25, 0.3) is 0 Å². The molecule has 1 aromatic carbocycles. The van der Waals surface area contributed by atoms with E-state index in [1.807, 2.05) is 30.3 Å². The molecule has 0 aliphatic heterocycles. The third-order valence-electron chi connectivity index (χ3n) is 1.66. The predicted molar refractivity (Wildman–Crippen MR) is 74.2 cm³/mol. The fraction of sp³-hybridized carbons (Fsp3) is 0.333. The van der Waals surface area contributed by atoms with Gasteiger partial charge in [0.1, 0.15) is 0 Å². The Balaban J connectivity index is 0.000000293. The molecule has 1 rings (SSSR count). The molecular formula is C12H16O2S2. The van der Waals surface area contributed by atoms with E-state index < -0.39 is 11.4 Å². The summed E-state index contributed by atoms with van der Waals surface area (Å²) in [7, 11) is 0. The molecule has 2 nitrogen and oxygen atoms in total. The Labute approximate surface area is 107 Å². The molecule has 0 amide bonds. The number of hydrogen-bond donors (Lipinski definition) is 2. The summed E-state index contributed by atoms with van der Waals surface area (Å²) in [5, 5.41) is 8.25. The summed E-state index contributed by atoms with van der Waals surface area (Å²) in [5.41, 5.74) is 0.427. The number of thiol groups is 1. The second kappa shape index (κ2) is 6.66. The topological polar surface area (TPSA) is 37.3 Å². The van der Waals surface area contributed by atoms with E-state index in [-0.39, 0.29) is 0 Å². The normalized spacial score (nSPS) is 10.0. The quantitative estimate of drug-likeness (QED) is 0.597. The van der Waals surface area contributed by atoms with Crippen LogP contribution in [0.5, 0.6) is 0 Å². The van der Waals surface area contributed by atoms with Crippen molar-refractivity contribution in [3.8, 4) is 0 Å². The van der Waals surface area contributed by atoms with E-state index in [1.54, 1.807) is 20.8 Å². The molecule has 0 radical (unpaired) electrons. The Morgan fingerprint density at radius 1 is 1.25 bits per heavy atom. The van der Waals surface area contributed by atoms with E-state index in [9.17, 15) is 4.79 Å². The number of thiocarbonyl (C=S) groups is 1. The van der Waals surface area contributed by atoms with Crippen molar-refractivity contribution in [2.45, 2.75) is 20.8 Å². The Hall–Kier alpha value is -0.870. The highest BCUT2D eigenvalue weighted by atomic mass is 32.1. The first-order valence-electron chi connectivity index (χ1n) is 4.77. The second-order valence-corrected chi connectivity index (χ2v) is 5.38. The summed E-state index contributed by atoms with van der Waals surface area (Å²) in [6.07, 6.45) is 0. The van der Waals surface area contributed by atoms with Gasteiger partial charge in [-0.15, -0.1) is 12.6 Å². The van der Waals surface area contributed by atoms with Crippen molar-refractivity contribution in [2.24, 2.45) is 5.41 Å². The molecular weight excluding hydrogens is 240 g/mol. The zero-order chi connectivity index (χ0) is 12.8. The largest absolute Gasteiger partial charge is 0.481 e. The SMILES string of the molecule is CC(C)(C)C(=O)O.S=C(S)c1ccccc1. The van der Waals surface area contributed by atoms with Gasteiger partial charge < -0.3 is 5.11 Å². The minimum absolute atomic E-state index is 0.583. The fourth-order valence-corrected chi connectivity index (χ4v) is 0.866. The maximum atomic E-state index is 10.0. The maximum absolute atomic E-state index is 10.0. The summed E-state index contributed by atoms with van der Waals surface area (Å²) in [6, 6.07) is 9.72. The van der Waals surface area contributed by atoms with E-state index in [0.717, 1.165) is 5.56 Å². The highest BCUT2D eigenvalue weighted by Crippen LogP contribution is 2.11. The number of carboxylic acids is 1. The van der Waals surface area contributed by atoms with Crippen LogP contribution in [0.2, 0.25) is 0 Å². The summed E-state index contributed by atoms with van der Waals surface area (Å²) in [5.74, 6) is -0.757. The van der Waals surface area contributed by atoms with Crippen molar-refractivity contribution in [3.63, 3.8) is 0 Å². The summed E-state index contributed by atoms with van der Waals surface area (Å²) in [4.78, 5) is 10.0. The van der Waals surface area contributed by atoms with Crippen LogP contribution in [0.3, 0.4) is 0 Å². The minimum atomic E-state index is -0.757. The van der Waals surface area contributed by atoms with Gasteiger partial charge in [-0.3, -0.25) is 4.79 Å². The molecule has 0 atom stereocenters. The van der Waals surface area contributed by atoms with Crippen LogP contribution in [0.1, 0.15) is 26.3 Å². The Kier molecular flexibility index (Phi) is 6.29. The van der Waals surface area contributed by atoms with Gasteiger partial charge in [-0.2, -0.15) is 0 Å². The van der Waals surface area contributed by atoms with Crippen LogP contribution in [-0.2, 0) is 4.79 Å². The first-order valence-corrected chi connectivity index (χ1v) is 5.62. The van der Waals surface area contributed by atoms with Crippen LogP contribution in [0.15, 0.2) is 30.3 Å². The molecule has 0 aromatic heterocycles. The van der Waals surface area contributed by atoms with Crippen molar-refractivity contribution in [2.75, 3.05) is 0 Å². The molecule has 0 unspecified atom stereocenters. The first kappa shape index (κ1) is 15.1. The van der Waals surface area contributed by atoms with Gasteiger partial charge in [-0.1, -0.05) is 42.5 Å². The smallest absolute Gasteiger partial charge is 0.308 e. The van der Waals surface area contributed by atoms with Crippen molar-refractivity contribution in [1.82, 2.24) is 0 Å². The number of hydrogen-bond acceptors (Lipinski definition) is 2. The molecule has 0 spiro atoms. The molecule has 0 aliphatic rings. The predicted octanol–water partition coefficient (Wildman–Crippen LogP) is 3.41. The van der Waals surface area contributed by atoms with Crippen LogP contribution in [0, 0.1) is 5.41 Å². The second-order valence-electron chi connectivity index (χ2n) is 4.23. The molecule has 0 bridgehead atoms. The van der Waals surface area contributed by atoms with Gasteiger partial charge in [0.05, 0.1) is 9.61 Å². The van der Waals surface area contributed by atoms with Gasteiger partial charge in [0, 0.05) is 0 Å². The lowest BCUT2D eigenvalue weighted by molar-refractivity contribution is -0.145. The molecule has 4 heteroatoms. The van der Waals surface area contributed by atoms with Crippen LogP contribution in [0.4, 0.5) is 0 Å². The van der Waals surface area contributed by atoms with Gasteiger partial charge in [0.25, 0.3) is 0 Å². The number of carboxylic acid groups (broad SMARTS) is 1. The van der Waals surface area contributed by atoms with E-state index in [1.165, 1.54) is 0 Å². The van der Waals surface area contributed by atoms with Crippen molar-refractivity contribution >= 4 is 35.0 Å². The number of carbonyl (C=O) groups is 1. The maximum Gasteiger partial charge on any atom is 0.308 e. The summed E-state index contributed by atoms with van der Waals surface area (Å²) < 4.78 is 0.649. The van der Waals surface area contributed by atoms with Crippen LogP contribution >= 0.6 is 24.8 Å². The van der Waals surface area contributed by atoms with E-state index in [0.29, 0.717) is 4.20 Å². The molecule has 1 aromatic rings. The first-order chi connectivity index (χ1) is 7.25. The Bertz CT molecular complexity index is 353. The number of aliphatic carboxylic acids is 1. The lowest BCUT2D eigenvalue weighted by Gasteiger charge is -2.08. The average Bonchev–Trinajstić information content (AvgIpc) is 2.18. The lowest BCUT2D eigenvalue weighted by Crippen LogP contribution is -2.18. The fourth-order valence-electron chi connectivity index (χ4n) is 0.581. The highest BCUT2D eigenvalue weighted by molar-refractivity contribution is 8.11. The zero-order valence-corrected chi connectivity index (χ0v) is 11.3. The van der Waals surface area contributed by atoms with Gasteiger partial charge in [-0.25, -0.2) is 0 Å². The van der Waals surface area contributed by atoms with E-state index in [2.05, 4.69) is 12.6 Å². The van der Waals surface area contributed by atoms with Gasteiger partial charge in [0.15, 0.2) is 0 Å². The van der Waals surface area contributed by atoms with Crippen molar-refractivity contribution in [1.29, 1.82) is 0 Å². The zero-order valence-electron chi connectivity index (χ0n) is 9.60. The summed E-state index contributed by atoms with van der Waals surface area (Å²) >= 11 is 8.85. The van der Waals surface area contributed by atoms with Crippen molar-refractivity contribution < 1.29 is 9.90 Å². The van der Waals surface area contributed by atoms with Gasteiger partial charge in [0.2, 0.25) is 0 Å². The molecule has 0 saturated carbocycles. The average molecular weight is 256 g/mol. The molecule has 16 heavy (non-hydrogen) atoms. The highest BCUT2D eigenvalue weighted by Gasteiger charge is 2.18. The van der Waals surface area contributed by atoms with E-state index in [4.69, 9.17) is 17.3 Å². The molecule has 1 N–H and O–H groups in total. The van der Waals surface area contributed by atoms with Gasteiger partial charge in [-0.05, 0) is 26.3 Å². The monoisotopic (exact) mass is 256 g/mol. The lowest BCUT2D eigenvalue weighted by atomic mass is 9.98. The van der Waals surface area contributed by atoms with Gasteiger partial charge >= 0.3 is 5.97 Å². The summed E-state index contributed by atoms with van der Waals surface area (Å²) in [6.45, 7) is 4.99. The molecule has 0 aliphatic carbocycles. The van der Waals surface area contributed by atoms with Crippen LogP contribution < -0.4 is 0 Å². The third-order valence-corrected chi connectivity index (χ3v) is 2.16. The Morgan fingerprint density at radius 2 is 1.62 bits per heavy atom. The number of rotatable bonds is 1. The van der Waals surface area contributed by atoms with E-state index >= 15 is 0 Å². The standard InChI is InChI=1S/C7H6S2.C5H10O2/c8-7(9)6-4-2-1-3-5-6;1-5(2,3)4(6)7/h1-5H,(H,8,9);1-3H3,(H,6,7). The molecule has 0 fully saturated rings. The third kappa shape index (κ3) is 6.58. The minimum Gasteiger partial charge on any atom is -0.481 e. The van der Waals surface area contributed by atoms with Crippen molar-refractivity contribution in [3.05, 3.63) is 35.9 Å². The van der Waals surface area contributed by atoms with Crippen LogP contribution in [-0.4, -0.2) is 15.3 Å². The Morgan fingerprint density at radius 3 is 1.81 bits per heavy atom. The molecule has 0 heterocycles. The number of benzene rings is 1. The molecule has 88 valence electrons.